The molecular formula is C18H23ClN2OS. The van der Waals surface area contributed by atoms with Crippen molar-refractivity contribution >= 4 is 35.3 Å². The van der Waals surface area contributed by atoms with Gasteiger partial charge in [-0.3, -0.25) is 4.79 Å². The molecular weight excluding hydrogens is 328 g/mol. The van der Waals surface area contributed by atoms with E-state index in [1.165, 1.54) is 23.3 Å². The molecule has 2 aromatic rings. The third-order valence-electron chi connectivity index (χ3n) is 4.14. The molecule has 0 unspecified atom stereocenters. The van der Waals surface area contributed by atoms with Crippen molar-refractivity contribution in [3.63, 3.8) is 0 Å². The maximum absolute atomic E-state index is 12.6. The molecule has 0 aliphatic heterocycles. The Kier molecular flexibility index (Phi) is 6.63. The van der Waals surface area contributed by atoms with Gasteiger partial charge in [-0.2, -0.15) is 0 Å². The lowest BCUT2D eigenvalue weighted by molar-refractivity contribution is 0.102. The van der Waals surface area contributed by atoms with Crippen molar-refractivity contribution in [2.24, 2.45) is 0 Å². The van der Waals surface area contributed by atoms with Crippen molar-refractivity contribution < 1.29 is 4.79 Å². The number of amides is 1. The second-order valence-electron chi connectivity index (χ2n) is 5.65. The molecule has 5 heteroatoms. The number of para-hydroxylation sites is 1. The molecule has 2 N–H and O–H groups in total. The zero-order chi connectivity index (χ0) is 15.4. The molecule has 1 aromatic heterocycles. The van der Waals surface area contributed by atoms with E-state index in [1.54, 1.807) is 11.3 Å². The van der Waals surface area contributed by atoms with Crippen LogP contribution in [0.2, 0.25) is 0 Å². The minimum Gasteiger partial charge on any atom is -0.322 e. The first-order valence-corrected chi connectivity index (χ1v) is 8.86. The topological polar surface area (TPSA) is 41.1 Å². The Hall–Kier alpha value is -1.36. The summed E-state index contributed by atoms with van der Waals surface area (Å²) in [6.45, 7) is 3.77. The number of rotatable bonds is 5. The number of carbonyl (C=O) groups is 1. The van der Waals surface area contributed by atoms with Crippen LogP contribution in [-0.2, 0) is 19.4 Å². The van der Waals surface area contributed by atoms with Crippen LogP contribution in [0, 0.1) is 0 Å². The van der Waals surface area contributed by atoms with Crippen molar-refractivity contribution in [1.82, 2.24) is 5.32 Å². The summed E-state index contributed by atoms with van der Waals surface area (Å²) in [5, 5.41) is 8.44. The third-order valence-corrected chi connectivity index (χ3v) is 5.23. The van der Waals surface area contributed by atoms with E-state index in [-0.39, 0.29) is 18.3 Å². The molecule has 1 heterocycles. The lowest BCUT2D eigenvalue weighted by Gasteiger charge is -2.14. The Labute approximate surface area is 147 Å². The second-order valence-corrected chi connectivity index (χ2v) is 6.61. The highest BCUT2D eigenvalue weighted by Crippen LogP contribution is 2.30. The molecule has 1 aliphatic carbocycles. The predicted molar refractivity (Wildman–Crippen MR) is 100.0 cm³/mol. The second kappa shape index (κ2) is 8.48. The molecule has 0 spiro atoms. The zero-order valence-corrected chi connectivity index (χ0v) is 15.0. The Balaban J connectivity index is 0.00000192. The summed E-state index contributed by atoms with van der Waals surface area (Å²) in [6.07, 6.45) is 4.62. The van der Waals surface area contributed by atoms with Gasteiger partial charge in [0.1, 0.15) is 0 Å². The van der Waals surface area contributed by atoms with Gasteiger partial charge in [-0.05, 0) is 49.4 Å². The summed E-state index contributed by atoms with van der Waals surface area (Å²) < 4.78 is 0. The summed E-state index contributed by atoms with van der Waals surface area (Å²) in [7, 11) is 0. The van der Waals surface area contributed by atoms with Gasteiger partial charge in [-0.15, -0.1) is 23.7 Å². The summed E-state index contributed by atoms with van der Waals surface area (Å²) in [4.78, 5) is 14.0. The number of hydrogen-bond donors (Lipinski definition) is 2. The van der Waals surface area contributed by atoms with Crippen LogP contribution < -0.4 is 10.6 Å². The van der Waals surface area contributed by atoms with Gasteiger partial charge >= 0.3 is 0 Å². The van der Waals surface area contributed by atoms with E-state index in [0.717, 1.165) is 42.7 Å². The van der Waals surface area contributed by atoms with E-state index < -0.39 is 0 Å². The number of fused-ring (bicyclic) bond motifs is 1. The number of hydrogen-bond acceptors (Lipinski definition) is 3. The highest BCUT2D eigenvalue weighted by atomic mass is 35.5. The number of halogens is 1. The van der Waals surface area contributed by atoms with Crippen LogP contribution in [0.1, 0.15) is 46.1 Å². The summed E-state index contributed by atoms with van der Waals surface area (Å²) >= 11 is 1.74. The van der Waals surface area contributed by atoms with E-state index in [9.17, 15) is 4.79 Å². The largest absolute Gasteiger partial charge is 0.322 e. The van der Waals surface area contributed by atoms with E-state index in [2.05, 4.69) is 23.6 Å². The molecule has 124 valence electrons. The molecule has 0 saturated heterocycles. The van der Waals surface area contributed by atoms with Crippen LogP contribution >= 0.6 is 23.7 Å². The monoisotopic (exact) mass is 350 g/mol. The minimum atomic E-state index is 0. The fourth-order valence-electron chi connectivity index (χ4n) is 2.93. The quantitative estimate of drug-likeness (QED) is 0.838. The maximum Gasteiger partial charge on any atom is 0.256 e. The van der Waals surface area contributed by atoms with Crippen molar-refractivity contribution in [3.8, 4) is 0 Å². The van der Waals surface area contributed by atoms with Crippen LogP contribution in [0.4, 0.5) is 5.69 Å². The van der Waals surface area contributed by atoms with Gasteiger partial charge < -0.3 is 10.6 Å². The van der Waals surface area contributed by atoms with E-state index in [4.69, 9.17) is 0 Å². The summed E-state index contributed by atoms with van der Waals surface area (Å²) in [5.74, 6) is 0.0309. The molecule has 3 rings (SSSR count). The van der Waals surface area contributed by atoms with Gasteiger partial charge in [0.05, 0.1) is 5.56 Å². The maximum atomic E-state index is 12.6. The van der Waals surface area contributed by atoms with Crippen LogP contribution in [0.15, 0.2) is 29.6 Å². The highest BCUT2D eigenvalue weighted by Gasteiger charge is 2.20. The first kappa shape index (κ1) is 18.0. The summed E-state index contributed by atoms with van der Waals surface area (Å²) in [5.41, 5.74) is 4.18. The van der Waals surface area contributed by atoms with Crippen LogP contribution in [-0.4, -0.2) is 12.5 Å². The lowest BCUT2D eigenvalue weighted by atomic mass is 9.95. The van der Waals surface area contributed by atoms with Crippen molar-refractivity contribution in [2.45, 2.75) is 39.2 Å². The van der Waals surface area contributed by atoms with E-state index in [0.29, 0.717) is 0 Å². The Morgan fingerprint density at radius 2 is 2.00 bits per heavy atom. The minimum absolute atomic E-state index is 0. The number of carbonyl (C=O) groups excluding carboxylic acids is 1. The first-order valence-electron chi connectivity index (χ1n) is 7.98. The van der Waals surface area contributed by atoms with E-state index >= 15 is 0 Å². The third kappa shape index (κ3) is 4.14. The SMILES string of the molecule is CCNCc1ccccc1NC(=O)c1csc2c1CCCC2.Cl. The fourth-order valence-corrected chi connectivity index (χ4v) is 4.06. The Morgan fingerprint density at radius 3 is 2.83 bits per heavy atom. The number of benzene rings is 1. The molecule has 0 fully saturated rings. The molecule has 0 atom stereocenters. The van der Waals surface area contributed by atoms with Gasteiger partial charge in [-0.25, -0.2) is 0 Å². The molecule has 23 heavy (non-hydrogen) atoms. The molecule has 3 nitrogen and oxygen atoms in total. The van der Waals surface area contributed by atoms with Gasteiger partial charge in [0, 0.05) is 22.5 Å². The van der Waals surface area contributed by atoms with E-state index in [1.807, 2.05) is 23.6 Å². The molecule has 0 radical (unpaired) electrons. The van der Waals surface area contributed by atoms with Crippen molar-refractivity contribution in [2.75, 3.05) is 11.9 Å². The number of thiophene rings is 1. The normalized spacial score (nSPS) is 13.1. The fraction of sp³-hybridized carbons (Fsp3) is 0.389. The van der Waals surface area contributed by atoms with Crippen LogP contribution in [0.5, 0.6) is 0 Å². The summed E-state index contributed by atoms with van der Waals surface area (Å²) in [6, 6.07) is 8.01. The Morgan fingerprint density at radius 1 is 1.22 bits per heavy atom. The van der Waals surface area contributed by atoms with Crippen molar-refractivity contribution in [1.29, 1.82) is 0 Å². The zero-order valence-electron chi connectivity index (χ0n) is 13.4. The van der Waals surface area contributed by atoms with Crippen molar-refractivity contribution in [3.05, 3.63) is 51.2 Å². The average molecular weight is 351 g/mol. The predicted octanol–water partition coefficient (Wildman–Crippen LogP) is 4.41. The molecule has 1 aliphatic rings. The van der Waals surface area contributed by atoms with Crippen LogP contribution in [0.25, 0.3) is 0 Å². The number of anilines is 1. The first-order chi connectivity index (χ1) is 10.8. The molecule has 0 saturated carbocycles. The average Bonchev–Trinajstić information content (AvgIpc) is 2.98. The standard InChI is InChI=1S/C18H22N2OS.ClH/c1-2-19-11-13-7-3-5-9-16(13)20-18(21)15-12-22-17-10-6-4-8-14(15)17;/h3,5,7,9,12,19H,2,4,6,8,10-11H2,1H3,(H,20,21);1H. The molecule has 0 bridgehead atoms. The van der Waals surface area contributed by atoms with Gasteiger partial charge in [0.15, 0.2) is 0 Å². The van der Waals surface area contributed by atoms with Gasteiger partial charge in [0.2, 0.25) is 0 Å². The smallest absolute Gasteiger partial charge is 0.256 e. The van der Waals surface area contributed by atoms with Gasteiger partial charge in [-0.1, -0.05) is 25.1 Å². The number of nitrogens with one attached hydrogen (secondary N) is 2. The number of aryl methyl sites for hydroxylation is 1. The van der Waals surface area contributed by atoms with Gasteiger partial charge in [0.25, 0.3) is 5.91 Å². The Bertz CT molecular complexity index is 669. The highest BCUT2D eigenvalue weighted by molar-refractivity contribution is 7.10. The lowest BCUT2D eigenvalue weighted by Crippen LogP contribution is -2.18. The molecule has 1 aromatic carbocycles. The molecule has 1 amide bonds. The van der Waals surface area contributed by atoms with Crippen LogP contribution in [0.3, 0.4) is 0 Å².